The van der Waals surface area contributed by atoms with Crippen molar-refractivity contribution in [3.05, 3.63) is 48.0 Å². The lowest BCUT2D eigenvalue weighted by molar-refractivity contribution is -0.118. The van der Waals surface area contributed by atoms with E-state index >= 15 is 0 Å². The van der Waals surface area contributed by atoms with Crippen LogP contribution in [0, 0.1) is 5.92 Å². The second kappa shape index (κ2) is 7.40. The topological polar surface area (TPSA) is 63.2 Å². The van der Waals surface area contributed by atoms with E-state index < -0.39 is 0 Å². The minimum atomic E-state index is -0.0864. The first-order valence-corrected chi connectivity index (χ1v) is 9.25. The number of para-hydroxylation sites is 2. The summed E-state index contributed by atoms with van der Waals surface area (Å²) >= 11 is 0. The van der Waals surface area contributed by atoms with Gasteiger partial charge in [0.2, 0.25) is 5.91 Å². The number of morpholine rings is 1. The van der Waals surface area contributed by atoms with Crippen molar-refractivity contribution in [2.75, 3.05) is 31.6 Å². The smallest absolute Gasteiger partial charge is 0.226 e. The molecule has 1 fully saturated rings. The maximum absolute atomic E-state index is 12.1. The van der Waals surface area contributed by atoms with Crippen LogP contribution in [0.5, 0.6) is 11.5 Å². The molecule has 0 unspecified atom stereocenters. The van der Waals surface area contributed by atoms with Gasteiger partial charge in [0.25, 0.3) is 0 Å². The minimum Gasteiger partial charge on any atom is -0.454 e. The molecule has 0 spiro atoms. The van der Waals surface area contributed by atoms with E-state index in [1.54, 1.807) is 0 Å². The van der Waals surface area contributed by atoms with Gasteiger partial charge in [0, 0.05) is 24.7 Å². The maximum atomic E-state index is 12.1. The standard InChI is InChI=1S/C21H23N3O3/c1-14(2)21(25)22-15-7-8-18-16(13-15)20(24-9-11-26-12-10-24)23-17-5-3-4-6-19(17)27-18/h3-8,13-14H,9-12H2,1-2H3,(H,22,25). The molecule has 0 saturated carbocycles. The molecular weight excluding hydrogens is 342 g/mol. The number of amidine groups is 1. The van der Waals surface area contributed by atoms with Crippen molar-refractivity contribution in [1.82, 2.24) is 4.90 Å². The number of aliphatic imine (C=N–C) groups is 1. The zero-order chi connectivity index (χ0) is 18.8. The van der Waals surface area contributed by atoms with Crippen molar-refractivity contribution >= 4 is 23.1 Å². The number of fused-ring (bicyclic) bond motifs is 2. The van der Waals surface area contributed by atoms with Crippen LogP contribution in [0.3, 0.4) is 0 Å². The molecule has 2 aromatic carbocycles. The van der Waals surface area contributed by atoms with E-state index in [1.807, 2.05) is 56.3 Å². The lowest BCUT2D eigenvalue weighted by atomic mass is 10.1. The monoisotopic (exact) mass is 365 g/mol. The van der Waals surface area contributed by atoms with Crippen molar-refractivity contribution in [3.8, 4) is 11.5 Å². The van der Waals surface area contributed by atoms with Gasteiger partial charge in [-0.15, -0.1) is 0 Å². The second-order valence-corrected chi connectivity index (χ2v) is 6.96. The summed E-state index contributed by atoms with van der Waals surface area (Å²) in [6.45, 7) is 6.62. The zero-order valence-corrected chi connectivity index (χ0v) is 15.6. The highest BCUT2D eigenvalue weighted by atomic mass is 16.5. The number of carbonyl (C=O) groups is 1. The van der Waals surface area contributed by atoms with E-state index in [-0.39, 0.29) is 11.8 Å². The van der Waals surface area contributed by atoms with Gasteiger partial charge in [-0.25, -0.2) is 4.99 Å². The molecule has 2 aliphatic rings. The highest BCUT2D eigenvalue weighted by Gasteiger charge is 2.24. The molecule has 0 bridgehead atoms. The fourth-order valence-electron chi connectivity index (χ4n) is 3.10. The van der Waals surface area contributed by atoms with E-state index in [2.05, 4.69) is 10.2 Å². The van der Waals surface area contributed by atoms with Crippen LogP contribution in [0.2, 0.25) is 0 Å². The molecule has 6 heteroatoms. The maximum Gasteiger partial charge on any atom is 0.226 e. The molecule has 0 aromatic heterocycles. The van der Waals surface area contributed by atoms with Crippen LogP contribution in [0.25, 0.3) is 0 Å². The quantitative estimate of drug-likeness (QED) is 0.879. The third-order valence-electron chi connectivity index (χ3n) is 4.63. The predicted molar refractivity (Wildman–Crippen MR) is 105 cm³/mol. The zero-order valence-electron chi connectivity index (χ0n) is 15.6. The van der Waals surface area contributed by atoms with E-state index in [4.69, 9.17) is 14.5 Å². The third kappa shape index (κ3) is 3.66. The average Bonchev–Trinajstić information content (AvgIpc) is 2.85. The summed E-state index contributed by atoms with van der Waals surface area (Å²) < 4.78 is 11.6. The van der Waals surface area contributed by atoms with Crippen LogP contribution >= 0.6 is 0 Å². The van der Waals surface area contributed by atoms with E-state index in [0.29, 0.717) is 13.2 Å². The van der Waals surface area contributed by atoms with Crippen LogP contribution in [-0.2, 0) is 9.53 Å². The molecule has 2 aliphatic heterocycles. The fourth-order valence-corrected chi connectivity index (χ4v) is 3.10. The summed E-state index contributed by atoms with van der Waals surface area (Å²) in [6, 6.07) is 13.4. The van der Waals surface area contributed by atoms with Gasteiger partial charge in [0.15, 0.2) is 5.75 Å². The first-order chi connectivity index (χ1) is 13.1. The Kier molecular flexibility index (Phi) is 4.81. The Morgan fingerprint density at radius 3 is 2.67 bits per heavy atom. The molecule has 1 amide bonds. The molecular formula is C21H23N3O3. The first kappa shape index (κ1) is 17.5. The fraction of sp³-hybridized carbons (Fsp3) is 0.333. The first-order valence-electron chi connectivity index (χ1n) is 9.25. The Morgan fingerprint density at radius 2 is 1.89 bits per heavy atom. The van der Waals surface area contributed by atoms with Crippen molar-refractivity contribution in [3.63, 3.8) is 0 Å². The summed E-state index contributed by atoms with van der Waals surface area (Å²) in [5.74, 6) is 2.20. The van der Waals surface area contributed by atoms with Crippen molar-refractivity contribution < 1.29 is 14.3 Å². The molecule has 0 aliphatic carbocycles. The number of rotatable bonds is 2. The Bertz CT molecular complexity index is 886. The molecule has 0 atom stereocenters. The number of hydrogen-bond donors (Lipinski definition) is 1. The highest BCUT2D eigenvalue weighted by molar-refractivity contribution is 6.05. The van der Waals surface area contributed by atoms with Crippen LogP contribution in [-0.4, -0.2) is 42.9 Å². The van der Waals surface area contributed by atoms with Gasteiger partial charge in [-0.1, -0.05) is 26.0 Å². The van der Waals surface area contributed by atoms with E-state index in [0.717, 1.165) is 47.4 Å². The summed E-state index contributed by atoms with van der Waals surface area (Å²) in [5, 5.41) is 2.96. The number of amides is 1. The Balaban J connectivity index is 1.78. The van der Waals surface area contributed by atoms with Crippen LogP contribution < -0.4 is 10.1 Å². The summed E-state index contributed by atoms with van der Waals surface area (Å²) in [4.78, 5) is 19.2. The number of nitrogens with zero attached hydrogens (tertiary/aromatic N) is 2. The van der Waals surface area contributed by atoms with Gasteiger partial charge in [0.05, 0.1) is 18.8 Å². The van der Waals surface area contributed by atoms with Crippen molar-refractivity contribution in [2.24, 2.45) is 10.9 Å². The van der Waals surface area contributed by atoms with Crippen molar-refractivity contribution in [2.45, 2.75) is 13.8 Å². The molecule has 1 saturated heterocycles. The molecule has 6 nitrogen and oxygen atoms in total. The number of nitrogens with one attached hydrogen (secondary N) is 1. The molecule has 1 N–H and O–H groups in total. The third-order valence-corrected chi connectivity index (χ3v) is 4.63. The largest absolute Gasteiger partial charge is 0.454 e. The van der Waals surface area contributed by atoms with E-state index in [1.165, 1.54) is 0 Å². The normalized spacial score (nSPS) is 16.0. The summed E-state index contributed by atoms with van der Waals surface area (Å²) in [5.41, 5.74) is 2.40. The number of hydrogen-bond acceptors (Lipinski definition) is 5. The lowest BCUT2D eigenvalue weighted by Gasteiger charge is -2.30. The average molecular weight is 365 g/mol. The molecule has 2 aromatic rings. The molecule has 140 valence electrons. The Labute approximate surface area is 158 Å². The number of ether oxygens (including phenoxy) is 2. The number of carbonyl (C=O) groups excluding carboxylic acids is 1. The van der Waals surface area contributed by atoms with Crippen LogP contribution in [0.1, 0.15) is 19.4 Å². The lowest BCUT2D eigenvalue weighted by Crippen LogP contribution is -2.41. The minimum absolute atomic E-state index is 0.0161. The molecule has 2 heterocycles. The number of benzene rings is 2. The Hall–Kier alpha value is -2.86. The molecule has 0 radical (unpaired) electrons. The molecule has 27 heavy (non-hydrogen) atoms. The van der Waals surface area contributed by atoms with Gasteiger partial charge in [-0.3, -0.25) is 4.79 Å². The SMILES string of the molecule is CC(C)C(=O)Nc1ccc2c(c1)C(N1CCOCC1)=Nc1ccccc1O2. The van der Waals surface area contributed by atoms with Crippen LogP contribution in [0.15, 0.2) is 47.5 Å². The molecule has 4 rings (SSSR count). The van der Waals surface area contributed by atoms with Gasteiger partial charge >= 0.3 is 0 Å². The second-order valence-electron chi connectivity index (χ2n) is 6.96. The summed E-state index contributed by atoms with van der Waals surface area (Å²) in [6.07, 6.45) is 0. The Morgan fingerprint density at radius 1 is 1.11 bits per heavy atom. The van der Waals surface area contributed by atoms with Crippen molar-refractivity contribution in [1.29, 1.82) is 0 Å². The summed E-state index contributed by atoms with van der Waals surface area (Å²) in [7, 11) is 0. The van der Waals surface area contributed by atoms with Gasteiger partial charge in [0.1, 0.15) is 17.3 Å². The highest BCUT2D eigenvalue weighted by Crippen LogP contribution is 2.39. The van der Waals surface area contributed by atoms with E-state index in [9.17, 15) is 4.79 Å². The van der Waals surface area contributed by atoms with Gasteiger partial charge in [-0.05, 0) is 30.3 Å². The number of anilines is 1. The van der Waals surface area contributed by atoms with Gasteiger partial charge in [-0.2, -0.15) is 0 Å². The van der Waals surface area contributed by atoms with Gasteiger partial charge < -0.3 is 19.7 Å². The van der Waals surface area contributed by atoms with Crippen LogP contribution in [0.4, 0.5) is 11.4 Å². The predicted octanol–water partition coefficient (Wildman–Crippen LogP) is 3.80.